The van der Waals surface area contributed by atoms with Crippen LogP contribution in [0, 0.1) is 23.7 Å². The molecule has 1 saturated carbocycles. The summed E-state index contributed by atoms with van der Waals surface area (Å²) in [5.74, 6) is -1.43. The van der Waals surface area contributed by atoms with Crippen LogP contribution in [0.25, 0.3) is 11.9 Å². The molecule has 0 amide bonds. The summed E-state index contributed by atoms with van der Waals surface area (Å²) in [6.07, 6.45) is 10.9. The number of pyridine rings is 1. The Morgan fingerprint density at radius 3 is 2.64 bits per heavy atom. The second-order valence-corrected chi connectivity index (χ2v) is 19.6. The van der Waals surface area contributed by atoms with Crippen molar-refractivity contribution in [3.05, 3.63) is 47.4 Å². The van der Waals surface area contributed by atoms with Gasteiger partial charge < -0.3 is 24.6 Å². The fourth-order valence-electron chi connectivity index (χ4n) is 5.38. The molecule has 3 unspecified atom stereocenters. The van der Waals surface area contributed by atoms with Crippen LogP contribution < -0.4 is 10.1 Å². The molecule has 1 aliphatic carbocycles. The molecule has 2 aromatic heterocycles. The normalized spacial score (nSPS) is 24.6. The maximum absolute atomic E-state index is 15.8. The largest absolute Gasteiger partial charge is 0.480 e. The fraction of sp³-hybridized carbons (Fsp3) is 0.500. The first-order valence-corrected chi connectivity index (χ1v) is 19.7. The van der Waals surface area contributed by atoms with E-state index in [0.29, 0.717) is 13.0 Å². The number of carbonyl (C=O) groups is 2. The number of halogens is 2. The SMILES string of the molecule is C#CCOc1cnc(/C(F)=C/c2cnc(F)c(C3(C)NC(=NCOCC[Si](C)(C)C)SC4(C(=O)O)CC43C(=O)OCCCC)c2)cn1. The molecule has 4 rings (SSSR count). The number of unbranched alkanes of at least 4 members (excludes halogenated alkanes) is 1. The second kappa shape index (κ2) is 14.5. The minimum Gasteiger partial charge on any atom is -0.480 e. The molecule has 2 N–H and O–H groups in total. The highest BCUT2D eigenvalue weighted by Gasteiger charge is 2.87. The van der Waals surface area contributed by atoms with E-state index in [1.165, 1.54) is 19.2 Å². The molecule has 1 aliphatic heterocycles. The molecule has 0 spiro atoms. The predicted molar refractivity (Wildman–Crippen MR) is 177 cm³/mol. The highest BCUT2D eigenvalue weighted by molar-refractivity contribution is 8.16. The summed E-state index contributed by atoms with van der Waals surface area (Å²) in [6, 6.07) is 2.22. The van der Waals surface area contributed by atoms with Gasteiger partial charge in [0.05, 0.1) is 24.5 Å². The predicted octanol–water partition coefficient (Wildman–Crippen LogP) is 5.27. The Morgan fingerprint density at radius 2 is 2.00 bits per heavy atom. The van der Waals surface area contributed by atoms with E-state index in [0.717, 1.165) is 42.7 Å². The van der Waals surface area contributed by atoms with Crippen molar-refractivity contribution in [2.45, 2.75) is 69.1 Å². The molecule has 2 fully saturated rings. The number of aliphatic carboxylic acids is 1. The number of hydrogen-bond acceptors (Lipinski definition) is 10. The highest BCUT2D eigenvalue weighted by Crippen LogP contribution is 2.74. The van der Waals surface area contributed by atoms with Crippen molar-refractivity contribution in [1.82, 2.24) is 20.3 Å². The van der Waals surface area contributed by atoms with Crippen LogP contribution in [-0.4, -0.2) is 76.5 Å². The third-order valence-corrected chi connectivity index (χ3v) is 11.3. The average molecular weight is 688 g/mol. The quantitative estimate of drug-likeness (QED) is 0.0831. The first-order chi connectivity index (χ1) is 22.2. The Kier molecular flexibility index (Phi) is 11.1. The molecular weight excluding hydrogens is 649 g/mol. The van der Waals surface area contributed by atoms with Crippen molar-refractivity contribution in [2.24, 2.45) is 10.4 Å². The summed E-state index contributed by atoms with van der Waals surface area (Å²) in [5.41, 5.74) is -3.63. The summed E-state index contributed by atoms with van der Waals surface area (Å²) in [5, 5.41) is 13.8. The van der Waals surface area contributed by atoms with Crippen LogP contribution in [0.4, 0.5) is 8.78 Å². The minimum absolute atomic E-state index is 0.0312. The Morgan fingerprint density at radius 1 is 1.23 bits per heavy atom. The minimum atomic E-state index is -1.74. The van der Waals surface area contributed by atoms with E-state index in [-0.39, 0.29) is 54.2 Å². The highest BCUT2D eigenvalue weighted by atomic mass is 32.2. The number of fused-ring (bicyclic) bond motifs is 1. The van der Waals surface area contributed by atoms with Gasteiger partial charge in [-0.15, -0.1) is 6.42 Å². The van der Waals surface area contributed by atoms with Gasteiger partial charge in [0, 0.05) is 26.4 Å². The van der Waals surface area contributed by atoms with Gasteiger partial charge in [0.2, 0.25) is 11.8 Å². The summed E-state index contributed by atoms with van der Waals surface area (Å²) in [4.78, 5) is 43.0. The van der Waals surface area contributed by atoms with Crippen LogP contribution in [0.5, 0.6) is 5.88 Å². The van der Waals surface area contributed by atoms with Gasteiger partial charge in [0.15, 0.2) is 17.6 Å². The van der Waals surface area contributed by atoms with Crippen LogP contribution in [0.3, 0.4) is 0 Å². The smallest absolute Gasteiger partial charge is 0.321 e. The molecule has 15 heteroatoms. The number of esters is 1. The van der Waals surface area contributed by atoms with E-state index >= 15 is 8.78 Å². The molecule has 1 saturated heterocycles. The first-order valence-electron chi connectivity index (χ1n) is 15.1. The lowest BCUT2D eigenvalue weighted by molar-refractivity contribution is -0.157. The molecule has 0 aromatic carbocycles. The number of thioether (sulfide) groups is 1. The number of hydrogen-bond donors (Lipinski definition) is 2. The van der Waals surface area contributed by atoms with Crippen molar-refractivity contribution < 1.29 is 37.7 Å². The van der Waals surface area contributed by atoms with Gasteiger partial charge in [-0.2, -0.15) is 4.39 Å². The van der Waals surface area contributed by atoms with E-state index in [4.69, 9.17) is 20.6 Å². The number of aliphatic imine (C=N–C) groups is 1. The van der Waals surface area contributed by atoms with E-state index in [1.807, 2.05) is 6.92 Å². The summed E-state index contributed by atoms with van der Waals surface area (Å²) < 4.78 is 45.8. The van der Waals surface area contributed by atoms with Crippen LogP contribution in [0.1, 0.15) is 49.9 Å². The molecule has 47 heavy (non-hydrogen) atoms. The Balaban J connectivity index is 1.74. The molecule has 11 nitrogen and oxygen atoms in total. The van der Waals surface area contributed by atoms with E-state index in [9.17, 15) is 14.7 Å². The van der Waals surface area contributed by atoms with Gasteiger partial charge in [-0.3, -0.25) is 9.59 Å². The number of carboxylic acids is 1. The second-order valence-electron chi connectivity index (χ2n) is 12.7. The van der Waals surface area contributed by atoms with Crippen LogP contribution in [0.2, 0.25) is 25.7 Å². The average Bonchev–Trinajstić information content (AvgIpc) is 3.73. The lowest BCUT2D eigenvalue weighted by Gasteiger charge is -2.44. The van der Waals surface area contributed by atoms with Gasteiger partial charge in [-0.1, -0.05) is 50.7 Å². The molecule has 0 bridgehead atoms. The Bertz CT molecular complexity index is 1600. The van der Waals surface area contributed by atoms with Crippen molar-refractivity contribution in [3.63, 3.8) is 0 Å². The standard InChI is InChI=1S/C32H39F2N5O6SSi/c1-7-9-11-45-28(42)31-19-32(31,27(40)41)46-29(38-20-43-12-13-47(4,5)6)39-30(31,3)22-14-21(16-37-26(22)34)15-23(33)24-17-36-25(18-35-24)44-10-8-2/h2,14-18H,7,9-13,19-20H2,1,3-6H3,(H,38,39)(H,40,41)/b23-15-. The maximum atomic E-state index is 15.8. The Labute approximate surface area is 278 Å². The number of nitrogens with zero attached hydrogens (tertiary/aromatic N) is 4. The molecule has 0 radical (unpaired) electrons. The van der Waals surface area contributed by atoms with Crippen molar-refractivity contribution in [2.75, 3.05) is 26.6 Å². The molecule has 2 aliphatic rings. The van der Waals surface area contributed by atoms with Crippen molar-refractivity contribution >= 4 is 48.8 Å². The zero-order valence-electron chi connectivity index (χ0n) is 27.1. The lowest BCUT2D eigenvalue weighted by Crippen LogP contribution is -2.61. The van der Waals surface area contributed by atoms with E-state index in [2.05, 4.69) is 50.8 Å². The third kappa shape index (κ3) is 7.50. The number of amidine groups is 1. The van der Waals surface area contributed by atoms with Crippen molar-refractivity contribution in [1.29, 1.82) is 0 Å². The zero-order chi connectivity index (χ0) is 34.5. The molecule has 3 atom stereocenters. The fourth-order valence-corrected chi connectivity index (χ4v) is 7.68. The molecule has 252 valence electrons. The van der Waals surface area contributed by atoms with E-state index < -0.39 is 47.5 Å². The molecule has 2 aromatic rings. The van der Waals surface area contributed by atoms with E-state index in [1.54, 1.807) is 0 Å². The number of nitrogens with one attached hydrogen (secondary N) is 1. The van der Waals surface area contributed by atoms with Gasteiger partial charge >= 0.3 is 11.9 Å². The molecular formula is C32H39F2N5O6SSi. The number of carboxylic acid groups (broad SMARTS) is 1. The van der Waals surface area contributed by atoms with Gasteiger partial charge in [-0.25, -0.2) is 24.3 Å². The number of carbonyl (C=O) groups excluding carboxylic acids is 1. The number of rotatable bonds is 15. The maximum Gasteiger partial charge on any atom is 0.321 e. The number of aromatic nitrogens is 3. The zero-order valence-corrected chi connectivity index (χ0v) is 28.9. The van der Waals surface area contributed by atoms with Crippen LogP contribution >= 0.6 is 11.8 Å². The summed E-state index contributed by atoms with van der Waals surface area (Å²) in [6.45, 7) is 10.5. The first kappa shape index (κ1) is 36.0. The van der Waals surface area contributed by atoms with Gasteiger partial charge in [0.1, 0.15) is 22.6 Å². The van der Waals surface area contributed by atoms with Crippen LogP contribution in [-0.2, 0) is 24.6 Å². The lowest BCUT2D eigenvalue weighted by atomic mass is 9.74. The van der Waals surface area contributed by atoms with Crippen LogP contribution in [0.15, 0.2) is 29.6 Å². The van der Waals surface area contributed by atoms with Crippen molar-refractivity contribution in [3.8, 4) is 18.2 Å². The monoisotopic (exact) mass is 687 g/mol. The van der Waals surface area contributed by atoms with Gasteiger partial charge in [0.25, 0.3) is 0 Å². The third-order valence-electron chi connectivity index (χ3n) is 8.15. The summed E-state index contributed by atoms with van der Waals surface area (Å²) >= 11 is 0.883. The molecule has 3 heterocycles. The summed E-state index contributed by atoms with van der Waals surface area (Å²) in [7, 11) is -1.36. The Hall–Kier alpha value is -3.87. The number of ether oxygens (including phenoxy) is 3. The number of terminal acetylenes is 1. The topological polar surface area (TPSA) is 145 Å². The van der Waals surface area contributed by atoms with Gasteiger partial charge in [-0.05, 0) is 43.5 Å².